The fraction of sp³-hybridized carbons (Fsp3) is 0.611. The molecule has 1 fully saturated rings. The summed E-state index contributed by atoms with van der Waals surface area (Å²) in [5.74, 6) is 1.35. The monoisotopic (exact) mass is 494 g/mol. The van der Waals surface area contributed by atoms with Gasteiger partial charge in [0.15, 0.2) is 5.96 Å². The highest BCUT2D eigenvalue weighted by Gasteiger charge is 2.16. The van der Waals surface area contributed by atoms with Crippen molar-refractivity contribution in [3.8, 4) is 0 Å². The van der Waals surface area contributed by atoms with Crippen molar-refractivity contribution in [1.29, 1.82) is 0 Å². The Balaban J connectivity index is 0.00000338. The van der Waals surface area contributed by atoms with Crippen LogP contribution in [0.4, 0.5) is 0 Å². The summed E-state index contributed by atoms with van der Waals surface area (Å²) in [7, 11) is -0.988. The summed E-state index contributed by atoms with van der Waals surface area (Å²) in [6, 6.07) is 9.96. The lowest BCUT2D eigenvalue weighted by Gasteiger charge is -2.31. The van der Waals surface area contributed by atoms with Gasteiger partial charge in [0.25, 0.3) is 0 Å². The number of aliphatic imine (C=N–C) groups is 1. The number of hydrogen-bond acceptors (Lipinski definition) is 4. The molecular weight excluding hydrogens is 463 g/mol. The van der Waals surface area contributed by atoms with E-state index in [1.54, 1.807) is 0 Å². The summed E-state index contributed by atoms with van der Waals surface area (Å²) in [6.07, 6.45) is 0. The molecule has 0 spiro atoms. The van der Waals surface area contributed by atoms with Gasteiger partial charge in [-0.05, 0) is 26.0 Å². The van der Waals surface area contributed by atoms with Crippen molar-refractivity contribution in [2.45, 2.75) is 24.8 Å². The smallest absolute Gasteiger partial charge is 0.191 e. The van der Waals surface area contributed by atoms with Crippen molar-refractivity contribution in [3.63, 3.8) is 0 Å². The molecule has 26 heavy (non-hydrogen) atoms. The Morgan fingerprint density at radius 2 is 1.96 bits per heavy atom. The molecule has 1 heterocycles. The molecule has 2 N–H and O–H groups in total. The Labute approximate surface area is 176 Å². The van der Waals surface area contributed by atoms with Crippen molar-refractivity contribution in [1.82, 2.24) is 15.5 Å². The molecule has 0 aromatic heterocycles. The largest absolute Gasteiger partial charge is 0.379 e. The minimum atomic E-state index is -0.988. The molecule has 0 saturated carbocycles. The normalized spacial score (nSPS) is 17.8. The number of benzene rings is 1. The maximum atomic E-state index is 12.2. The van der Waals surface area contributed by atoms with Crippen LogP contribution < -0.4 is 10.6 Å². The molecule has 1 aromatic rings. The number of nitrogens with zero attached hydrogens (tertiary/aromatic N) is 2. The highest BCUT2D eigenvalue weighted by Crippen LogP contribution is 2.05. The van der Waals surface area contributed by atoms with Crippen LogP contribution in [0.25, 0.3) is 0 Å². The Morgan fingerprint density at radius 3 is 2.62 bits per heavy atom. The molecule has 2 atom stereocenters. The van der Waals surface area contributed by atoms with Gasteiger partial charge in [-0.3, -0.25) is 14.1 Å². The van der Waals surface area contributed by atoms with E-state index >= 15 is 0 Å². The Morgan fingerprint density at radius 1 is 1.27 bits per heavy atom. The number of hydrogen-bond donors (Lipinski definition) is 2. The zero-order valence-corrected chi connectivity index (χ0v) is 18.8. The first-order valence-electron chi connectivity index (χ1n) is 8.98. The second kappa shape index (κ2) is 13.5. The van der Waals surface area contributed by atoms with E-state index in [1.807, 2.05) is 37.3 Å². The number of ether oxygens (including phenoxy) is 1. The van der Waals surface area contributed by atoms with E-state index in [9.17, 15) is 4.21 Å². The summed E-state index contributed by atoms with van der Waals surface area (Å²) in [5, 5.41) is 6.53. The van der Waals surface area contributed by atoms with E-state index in [0.717, 1.165) is 50.2 Å². The Kier molecular flexibility index (Phi) is 12.1. The molecule has 1 aromatic carbocycles. The van der Waals surface area contributed by atoms with Crippen LogP contribution in [-0.4, -0.2) is 72.8 Å². The summed E-state index contributed by atoms with van der Waals surface area (Å²) in [6.45, 7) is 9.95. The third kappa shape index (κ3) is 8.32. The molecule has 2 unspecified atom stereocenters. The van der Waals surface area contributed by atoms with Crippen LogP contribution in [0.15, 0.2) is 40.2 Å². The second-order valence-electron chi connectivity index (χ2n) is 6.01. The lowest BCUT2D eigenvalue weighted by atomic mass is 10.2. The van der Waals surface area contributed by atoms with Gasteiger partial charge in [-0.25, -0.2) is 0 Å². The highest BCUT2D eigenvalue weighted by molar-refractivity contribution is 14.0. The van der Waals surface area contributed by atoms with Crippen LogP contribution in [-0.2, 0) is 15.5 Å². The summed E-state index contributed by atoms with van der Waals surface area (Å²) in [4.78, 5) is 7.94. The molecule has 1 saturated heterocycles. The van der Waals surface area contributed by atoms with Crippen LogP contribution in [0, 0.1) is 0 Å². The van der Waals surface area contributed by atoms with Gasteiger partial charge in [0, 0.05) is 42.9 Å². The summed E-state index contributed by atoms with van der Waals surface area (Å²) in [5.41, 5.74) is 0. The Bertz CT molecular complexity index is 553. The van der Waals surface area contributed by atoms with Crippen LogP contribution in [0.2, 0.25) is 0 Å². The third-order valence-corrected chi connectivity index (χ3v) is 5.49. The SMILES string of the molecule is CCNC(=NCC(C)N1CCOCC1)NCCS(=O)c1ccccc1.I. The van der Waals surface area contributed by atoms with E-state index in [4.69, 9.17) is 4.74 Å². The summed E-state index contributed by atoms with van der Waals surface area (Å²) < 4.78 is 17.6. The molecule has 0 bridgehead atoms. The van der Waals surface area contributed by atoms with Crippen LogP contribution in [0.5, 0.6) is 0 Å². The third-order valence-electron chi connectivity index (χ3n) is 4.11. The minimum absolute atomic E-state index is 0. The van der Waals surface area contributed by atoms with Crippen molar-refractivity contribution in [2.75, 3.05) is 51.7 Å². The molecule has 0 radical (unpaired) electrons. The van der Waals surface area contributed by atoms with E-state index < -0.39 is 10.8 Å². The quantitative estimate of drug-likeness (QED) is 0.327. The maximum absolute atomic E-state index is 12.2. The number of nitrogens with one attached hydrogen (secondary N) is 2. The van der Waals surface area contributed by atoms with Crippen molar-refractivity contribution in [2.24, 2.45) is 4.99 Å². The molecular formula is C18H31IN4O2S. The number of guanidine groups is 1. The molecule has 0 amide bonds. The number of morpholine rings is 1. The fourth-order valence-corrected chi connectivity index (χ4v) is 3.63. The average Bonchev–Trinajstić information content (AvgIpc) is 2.67. The Hall–Kier alpha value is -0.710. The van der Waals surface area contributed by atoms with Gasteiger partial charge in [0.2, 0.25) is 0 Å². The second-order valence-corrected chi connectivity index (χ2v) is 7.58. The van der Waals surface area contributed by atoms with E-state index in [1.165, 1.54) is 0 Å². The number of halogens is 1. The maximum Gasteiger partial charge on any atom is 0.191 e. The van der Waals surface area contributed by atoms with Gasteiger partial charge in [-0.2, -0.15) is 0 Å². The van der Waals surface area contributed by atoms with Crippen LogP contribution in [0.3, 0.4) is 0 Å². The molecule has 1 aliphatic rings. The molecule has 8 heteroatoms. The first kappa shape index (κ1) is 23.3. The standard InChI is InChI=1S/C18H30N4O2S.HI/c1-3-19-18(21-15-16(2)22-10-12-24-13-11-22)20-9-14-25(23)17-7-5-4-6-8-17;/h4-8,16H,3,9-15H2,1-2H3,(H2,19,20,21);1H. The molecule has 2 rings (SSSR count). The highest BCUT2D eigenvalue weighted by atomic mass is 127. The van der Waals surface area contributed by atoms with Crippen molar-refractivity contribution >= 4 is 40.7 Å². The van der Waals surface area contributed by atoms with Crippen molar-refractivity contribution < 1.29 is 8.95 Å². The average molecular weight is 494 g/mol. The van der Waals surface area contributed by atoms with Gasteiger partial charge in [-0.1, -0.05) is 18.2 Å². The van der Waals surface area contributed by atoms with E-state index in [0.29, 0.717) is 18.3 Å². The zero-order chi connectivity index (χ0) is 17.9. The van der Waals surface area contributed by atoms with Crippen LogP contribution >= 0.6 is 24.0 Å². The predicted octanol–water partition coefficient (Wildman–Crippen LogP) is 1.69. The van der Waals surface area contributed by atoms with Gasteiger partial charge in [-0.15, -0.1) is 24.0 Å². The van der Waals surface area contributed by atoms with Gasteiger partial charge in [0.05, 0.1) is 30.6 Å². The van der Waals surface area contributed by atoms with Gasteiger partial charge in [0.1, 0.15) is 0 Å². The topological polar surface area (TPSA) is 66.0 Å². The van der Waals surface area contributed by atoms with Gasteiger partial charge >= 0.3 is 0 Å². The zero-order valence-electron chi connectivity index (χ0n) is 15.6. The van der Waals surface area contributed by atoms with Crippen molar-refractivity contribution in [3.05, 3.63) is 30.3 Å². The lowest BCUT2D eigenvalue weighted by molar-refractivity contribution is 0.0220. The molecule has 6 nitrogen and oxygen atoms in total. The molecule has 148 valence electrons. The van der Waals surface area contributed by atoms with Gasteiger partial charge < -0.3 is 15.4 Å². The first-order chi connectivity index (χ1) is 12.2. The minimum Gasteiger partial charge on any atom is -0.379 e. The van der Waals surface area contributed by atoms with Crippen LogP contribution in [0.1, 0.15) is 13.8 Å². The number of rotatable bonds is 8. The summed E-state index contributed by atoms with van der Waals surface area (Å²) >= 11 is 0. The predicted molar refractivity (Wildman–Crippen MR) is 119 cm³/mol. The molecule has 0 aliphatic carbocycles. The first-order valence-corrected chi connectivity index (χ1v) is 10.3. The van der Waals surface area contributed by atoms with E-state index in [2.05, 4.69) is 27.4 Å². The van der Waals surface area contributed by atoms with E-state index in [-0.39, 0.29) is 24.0 Å². The molecule has 1 aliphatic heterocycles. The fourth-order valence-electron chi connectivity index (χ4n) is 2.65. The lowest BCUT2D eigenvalue weighted by Crippen LogP contribution is -2.44.